The number of carbonyl (C=O) groups excluding carboxylic acids is 1. The van der Waals surface area contributed by atoms with Gasteiger partial charge in [0.2, 0.25) is 0 Å². The van der Waals surface area contributed by atoms with Crippen LogP contribution in [0, 0.1) is 0 Å². The Labute approximate surface area is 115 Å². The van der Waals surface area contributed by atoms with Gasteiger partial charge in [0.15, 0.2) is 0 Å². The van der Waals surface area contributed by atoms with Gasteiger partial charge in [-0.1, -0.05) is 38.7 Å². The van der Waals surface area contributed by atoms with E-state index in [2.05, 4.69) is 22.3 Å². The molecule has 1 rings (SSSR count). The first kappa shape index (κ1) is 15.3. The third-order valence-corrected chi connectivity index (χ3v) is 2.90. The van der Waals surface area contributed by atoms with Crippen LogP contribution in [0.5, 0.6) is 0 Å². The van der Waals surface area contributed by atoms with E-state index in [1.807, 2.05) is 24.3 Å². The zero-order valence-corrected chi connectivity index (χ0v) is 11.9. The van der Waals surface area contributed by atoms with Crippen LogP contribution in [0.4, 0.5) is 16.2 Å². The van der Waals surface area contributed by atoms with Crippen LogP contribution in [-0.2, 0) is 4.74 Å². The highest BCUT2D eigenvalue weighted by Gasteiger charge is 2.00. The molecule has 0 unspecified atom stereocenters. The van der Waals surface area contributed by atoms with E-state index in [-0.39, 0.29) is 0 Å². The van der Waals surface area contributed by atoms with Crippen molar-refractivity contribution in [1.29, 1.82) is 0 Å². The summed E-state index contributed by atoms with van der Waals surface area (Å²) in [4.78, 5) is 11.1. The first-order valence-electron chi connectivity index (χ1n) is 6.95. The van der Waals surface area contributed by atoms with E-state index < -0.39 is 6.09 Å². The lowest BCUT2D eigenvalue weighted by atomic mass is 10.1. The first-order valence-corrected chi connectivity index (χ1v) is 6.95. The van der Waals surface area contributed by atoms with Gasteiger partial charge in [-0.25, -0.2) is 4.79 Å². The van der Waals surface area contributed by atoms with Gasteiger partial charge < -0.3 is 10.1 Å². The van der Waals surface area contributed by atoms with Crippen molar-refractivity contribution in [3.8, 4) is 0 Å². The number of hydrogen-bond donors (Lipinski definition) is 2. The minimum absolute atomic E-state index is 0.447. The zero-order chi connectivity index (χ0) is 13.9. The van der Waals surface area contributed by atoms with E-state index in [4.69, 9.17) is 0 Å². The molecular weight excluding hydrogens is 240 g/mol. The highest BCUT2D eigenvalue weighted by atomic mass is 16.5. The molecule has 0 bridgehead atoms. The smallest absolute Gasteiger partial charge is 0.411 e. The molecule has 0 spiro atoms. The van der Waals surface area contributed by atoms with Gasteiger partial charge in [0, 0.05) is 17.9 Å². The Kier molecular flexibility index (Phi) is 7.47. The maximum atomic E-state index is 11.1. The van der Waals surface area contributed by atoms with Crippen LogP contribution in [0.25, 0.3) is 0 Å². The number of hydrogen-bond acceptors (Lipinski definition) is 3. The molecular formula is C15H24N2O2. The molecule has 106 valence electrons. The quantitative estimate of drug-likeness (QED) is 0.690. The predicted molar refractivity (Wildman–Crippen MR) is 79.7 cm³/mol. The molecule has 0 aliphatic carbocycles. The summed E-state index contributed by atoms with van der Waals surface area (Å²) in [5, 5.41) is 6.01. The van der Waals surface area contributed by atoms with Crippen LogP contribution >= 0.6 is 0 Å². The average Bonchev–Trinajstić information content (AvgIpc) is 2.43. The van der Waals surface area contributed by atoms with E-state index >= 15 is 0 Å². The summed E-state index contributed by atoms with van der Waals surface area (Å²) in [6, 6.07) is 7.64. The molecule has 4 heteroatoms. The highest BCUT2D eigenvalue weighted by molar-refractivity contribution is 5.85. The molecule has 0 heterocycles. The maximum absolute atomic E-state index is 11.1. The summed E-state index contributed by atoms with van der Waals surface area (Å²) >= 11 is 0. The Morgan fingerprint density at radius 3 is 2.63 bits per heavy atom. The molecule has 0 saturated carbocycles. The minimum atomic E-state index is -0.447. The second-order valence-electron chi connectivity index (χ2n) is 4.54. The number of amides is 1. The van der Waals surface area contributed by atoms with Crippen LogP contribution in [0.2, 0.25) is 0 Å². The number of nitrogens with one attached hydrogen (secondary N) is 2. The third kappa shape index (κ3) is 6.70. The van der Waals surface area contributed by atoms with Gasteiger partial charge in [-0.15, -0.1) is 0 Å². The largest absolute Gasteiger partial charge is 0.453 e. The molecule has 2 N–H and O–H groups in total. The molecule has 0 fully saturated rings. The summed E-state index contributed by atoms with van der Waals surface area (Å²) in [6.07, 6.45) is 5.89. The Bertz CT molecular complexity index is 380. The summed E-state index contributed by atoms with van der Waals surface area (Å²) in [5.74, 6) is 0. The highest BCUT2D eigenvalue weighted by Crippen LogP contribution is 2.15. The second-order valence-corrected chi connectivity index (χ2v) is 4.54. The Morgan fingerprint density at radius 1 is 1.16 bits per heavy atom. The lowest BCUT2D eigenvalue weighted by Crippen LogP contribution is -2.11. The number of methoxy groups -OCH3 is 1. The number of ether oxygens (including phenoxy) is 1. The number of benzene rings is 1. The molecule has 0 aromatic heterocycles. The average molecular weight is 264 g/mol. The minimum Gasteiger partial charge on any atom is -0.453 e. The van der Waals surface area contributed by atoms with Gasteiger partial charge in [-0.3, -0.25) is 5.32 Å². The lowest BCUT2D eigenvalue weighted by molar-refractivity contribution is 0.187. The lowest BCUT2D eigenvalue weighted by Gasteiger charge is -2.09. The second kappa shape index (κ2) is 9.25. The topological polar surface area (TPSA) is 50.4 Å². The van der Waals surface area contributed by atoms with Crippen LogP contribution < -0.4 is 10.6 Å². The molecule has 1 amide bonds. The molecule has 0 atom stereocenters. The van der Waals surface area contributed by atoms with Crippen molar-refractivity contribution < 1.29 is 9.53 Å². The van der Waals surface area contributed by atoms with Gasteiger partial charge in [0.1, 0.15) is 0 Å². The SMILES string of the molecule is CCCCCCCNc1cccc(NC(=O)OC)c1. The molecule has 4 nitrogen and oxygen atoms in total. The molecule has 0 aliphatic rings. The normalized spacial score (nSPS) is 10.0. The molecule has 1 aromatic carbocycles. The summed E-state index contributed by atoms with van der Waals surface area (Å²) in [6.45, 7) is 3.18. The van der Waals surface area contributed by atoms with Crippen molar-refractivity contribution in [2.75, 3.05) is 24.3 Å². The molecule has 0 radical (unpaired) electrons. The van der Waals surface area contributed by atoms with Gasteiger partial charge in [0.25, 0.3) is 0 Å². The molecule has 0 aliphatic heterocycles. The van der Waals surface area contributed by atoms with Crippen LogP contribution in [0.1, 0.15) is 39.0 Å². The Morgan fingerprint density at radius 2 is 1.89 bits per heavy atom. The molecule has 0 saturated heterocycles. The summed E-state index contributed by atoms with van der Waals surface area (Å²) < 4.78 is 4.56. The van der Waals surface area contributed by atoms with Crippen molar-refractivity contribution in [2.45, 2.75) is 39.0 Å². The Hall–Kier alpha value is -1.71. The van der Waals surface area contributed by atoms with Crippen LogP contribution in [-0.4, -0.2) is 19.7 Å². The van der Waals surface area contributed by atoms with Gasteiger partial charge in [-0.05, 0) is 24.6 Å². The van der Waals surface area contributed by atoms with Crippen LogP contribution in [0.15, 0.2) is 24.3 Å². The van der Waals surface area contributed by atoms with E-state index in [1.54, 1.807) is 0 Å². The monoisotopic (exact) mass is 264 g/mol. The van der Waals surface area contributed by atoms with Gasteiger partial charge >= 0.3 is 6.09 Å². The molecule has 1 aromatic rings. The van der Waals surface area contributed by atoms with Crippen molar-refractivity contribution >= 4 is 17.5 Å². The number of rotatable bonds is 8. The fourth-order valence-corrected chi connectivity index (χ4v) is 1.84. The van der Waals surface area contributed by atoms with E-state index in [0.717, 1.165) is 17.9 Å². The first-order chi connectivity index (χ1) is 9.26. The van der Waals surface area contributed by atoms with E-state index in [1.165, 1.54) is 39.2 Å². The van der Waals surface area contributed by atoms with Crippen molar-refractivity contribution in [3.63, 3.8) is 0 Å². The summed E-state index contributed by atoms with van der Waals surface area (Å²) in [7, 11) is 1.35. The number of carbonyl (C=O) groups is 1. The third-order valence-electron chi connectivity index (χ3n) is 2.90. The van der Waals surface area contributed by atoms with Gasteiger partial charge in [-0.2, -0.15) is 0 Å². The fourth-order valence-electron chi connectivity index (χ4n) is 1.84. The van der Waals surface area contributed by atoms with E-state index in [9.17, 15) is 4.79 Å². The zero-order valence-electron chi connectivity index (χ0n) is 11.9. The maximum Gasteiger partial charge on any atom is 0.411 e. The number of unbranched alkanes of at least 4 members (excludes halogenated alkanes) is 4. The standard InChI is InChI=1S/C15H24N2O2/c1-3-4-5-6-7-11-16-13-9-8-10-14(12-13)17-15(18)19-2/h8-10,12,16H,3-7,11H2,1-2H3,(H,17,18). The fraction of sp³-hybridized carbons (Fsp3) is 0.533. The van der Waals surface area contributed by atoms with E-state index in [0.29, 0.717) is 0 Å². The van der Waals surface area contributed by atoms with Crippen LogP contribution in [0.3, 0.4) is 0 Å². The van der Waals surface area contributed by atoms with Gasteiger partial charge in [0.05, 0.1) is 7.11 Å². The predicted octanol–water partition coefficient (Wildman–Crippen LogP) is 4.25. The Balaban J connectivity index is 2.30. The van der Waals surface area contributed by atoms with Crippen molar-refractivity contribution in [1.82, 2.24) is 0 Å². The summed E-state index contributed by atoms with van der Waals surface area (Å²) in [5.41, 5.74) is 1.76. The van der Waals surface area contributed by atoms with Crippen molar-refractivity contribution in [3.05, 3.63) is 24.3 Å². The number of anilines is 2. The van der Waals surface area contributed by atoms with Crippen molar-refractivity contribution in [2.24, 2.45) is 0 Å². The molecule has 19 heavy (non-hydrogen) atoms.